The van der Waals surface area contributed by atoms with Crippen LogP contribution < -0.4 is 11.1 Å². The Morgan fingerprint density at radius 2 is 1.95 bits per heavy atom. The van der Waals surface area contributed by atoms with Gasteiger partial charge in [-0.3, -0.25) is 4.79 Å². The minimum Gasteiger partial charge on any atom is -0.384 e. The minimum atomic E-state index is -4.50. The van der Waals surface area contributed by atoms with E-state index >= 15 is 0 Å². The molecule has 1 aromatic heterocycles. The Labute approximate surface area is 126 Å². The molecule has 0 fully saturated rings. The van der Waals surface area contributed by atoms with Gasteiger partial charge in [-0.1, -0.05) is 22.0 Å². The van der Waals surface area contributed by atoms with E-state index in [4.69, 9.17) is 5.73 Å². The van der Waals surface area contributed by atoms with Crippen LogP contribution in [-0.4, -0.2) is 10.9 Å². The van der Waals surface area contributed by atoms with Gasteiger partial charge in [-0.25, -0.2) is 4.98 Å². The van der Waals surface area contributed by atoms with E-state index in [1.807, 2.05) is 0 Å². The second-order valence-electron chi connectivity index (χ2n) is 4.13. The van der Waals surface area contributed by atoms with E-state index in [9.17, 15) is 18.0 Å². The lowest BCUT2D eigenvalue weighted by molar-refractivity contribution is -0.137. The molecule has 1 heterocycles. The maximum atomic E-state index is 12.7. The van der Waals surface area contributed by atoms with Gasteiger partial charge in [0.1, 0.15) is 11.5 Å². The zero-order valence-electron chi connectivity index (χ0n) is 10.4. The molecule has 0 saturated heterocycles. The normalized spacial score (nSPS) is 11.2. The van der Waals surface area contributed by atoms with Crippen LogP contribution >= 0.6 is 15.9 Å². The van der Waals surface area contributed by atoms with Crippen molar-refractivity contribution < 1.29 is 18.0 Å². The first-order valence-corrected chi connectivity index (χ1v) is 6.47. The number of aromatic nitrogens is 1. The highest BCUT2D eigenvalue weighted by atomic mass is 79.9. The smallest absolute Gasteiger partial charge is 0.384 e. The summed E-state index contributed by atoms with van der Waals surface area (Å²) in [6.45, 7) is 0. The Balaban J connectivity index is 2.27. The van der Waals surface area contributed by atoms with Crippen LogP contribution in [0.5, 0.6) is 0 Å². The van der Waals surface area contributed by atoms with E-state index in [1.54, 1.807) is 0 Å². The number of carbonyl (C=O) groups excluding carboxylic acids is 1. The molecule has 0 aliphatic carbocycles. The van der Waals surface area contributed by atoms with E-state index in [1.165, 1.54) is 24.3 Å². The molecule has 0 aliphatic rings. The fraction of sp³-hybridized carbons (Fsp3) is 0.0769. The Bertz CT molecular complexity index is 689. The molecule has 21 heavy (non-hydrogen) atoms. The van der Waals surface area contributed by atoms with Crippen LogP contribution in [0.2, 0.25) is 0 Å². The number of nitrogens with two attached hydrogens (primary N) is 1. The van der Waals surface area contributed by atoms with Crippen molar-refractivity contribution in [2.45, 2.75) is 6.18 Å². The number of nitrogens with one attached hydrogen (secondary N) is 1. The summed E-state index contributed by atoms with van der Waals surface area (Å²) in [6.07, 6.45) is -4.50. The number of alkyl halides is 3. The molecule has 0 saturated carbocycles. The third-order valence-electron chi connectivity index (χ3n) is 2.49. The van der Waals surface area contributed by atoms with Gasteiger partial charge in [0.25, 0.3) is 5.91 Å². The summed E-state index contributed by atoms with van der Waals surface area (Å²) in [7, 11) is 0. The monoisotopic (exact) mass is 359 g/mol. The van der Waals surface area contributed by atoms with Gasteiger partial charge in [-0.2, -0.15) is 13.2 Å². The van der Waals surface area contributed by atoms with E-state index in [0.29, 0.717) is 0 Å². The Morgan fingerprint density at radius 1 is 1.24 bits per heavy atom. The lowest BCUT2D eigenvalue weighted by Crippen LogP contribution is -2.15. The average Bonchev–Trinajstić information content (AvgIpc) is 2.37. The number of nitrogens with zero attached hydrogens (tertiary/aromatic N) is 1. The summed E-state index contributed by atoms with van der Waals surface area (Å²) in [5.74, 6) is -0.499. The van der Waals surface area contributed by atoms with Gasteiger partial charge in [0.05, 0.1) is 5.56 Å². The highest BCUT2D eigenvalue weighted by Crippen LogP contribution is 2.33. The van der Waals surface area contributed by atoms with Crippen molar-refractivity contribution in [2.75, 3.05) is 11.1 Å². The highest BCUT2D eigenvalue weighted by molar-refractivity contribution is 9.10. The zero-order valence-corrected chi connectivity index (χ0v) is 12.0. The van der Waals surface area contributed by atoms with Crippen molar-refractivity contribution in [3.8, 4) is 0 Å². The van der Waals surface area contributed by atoms with E-state index < -0.39 is 17.6 Å². The molecule has 1 aromatic carbocycles. The van der Waals surface area contributed by atoms with Gasteiger partial charge in [0.2, 0.25) is 0 Å². The molecule has 0 unspecified atom stereocenters. The summed E-state index contributed by atoms with van der Waals surface area (Å²) >= 11 is 2.98. The molecule has 0 atom stereocenters. The quantitative estimate of drug-likeness (QED) is 0.858. The van der Waals surface area contributed by atoms with Gasteiger partial charge in [-0.05, 0) is 30.3 Å². The molecule has 110 valence electrons. The van der Waals surface area contributed by atoms with Gasteiger partial charge in [-0.15, -0.1) is 0 Å². The van der Waals surface area contributed by atoms with E-state index in [-0.39, 0.29) is 21.7 Å². The predicted molar refractivity (Wildman–Crippen MR) is 75.7 cm³/mol. The largest absolute Gasteiger partial charge is 0.416 e. The number of hydrogen-bond acceptors (Lipinski definition) is 3. The third-order valence-corrected chi connectivity index (χ3v) is 2.94. The van der Waals surface area contributed by atoms with Gasteiger partial charge in [0, 0.05) is 10.2 Å². The van der Waals surface area contributed by atoms with E-state index in [2.05, 4.69) is 26.2 Å². The molecule has 2 rings (SSSR count). The maximum absolute atomic E-state index is 12.7. The molecule has 3 N–H and O–H groups in total. The van der Waals surface area contributed by atoms with Crippen LogP contribution in [-0.2, 0) is 6.18 Å². The topological polar surface area (TPSA) is 68.0 Å². The molecule has 4 nitrogen and oxygen atoms in total. The second-order valence-corrected chi connectivity index (χ2v) is 5.04. The maximum Gasteiger partial charge on any atom is 0.416 e. The number of pyridine rings is 1. The van der Waals surface area contributed by atoms with Crippen LogP contribution in [0, 0.1) is 0 Å². The molecular weight excluding hydrogens is 351 g/mol. The van der Waals surface area contributed by atoms with Crippen molar-refractivity contribution in [2.24, 2.45) is 0 Å². The summed E-state index contributed by atoms with van der Waals surface area (Å²) < 4.78 is 38.3. The number of hydrogen-bond donors (Lipinski definition) is 2. The first-order chi connectivity index (χ1) is 9.75. The van der Waals surface area contributed by atoms with Crippen molar-refractivity contribution in [3.05, 3.63) is 52.1 Å². The Morgan fingerprint density at radius 3 is 2.57 bits per heavy atom. The van der Waals surface area contributed by atoms with E-state index in [0.717, 1.165) is 12.1 Å². The van der Waals surface area contributed by atoms with Crippen LogP contribution in [0.4, 0.5) is 24.7 Å². The number of carbonyl (C=O) groups is 1. The van der Waals surface area contributed by atoms with Crippen LogP contribution in [0.15, 0.2) is 40.9 Å². The fourth-order valence-corrected chi connectivity index (χ4v) is 2.09. The average molecular weight is 360 g/mol. The molecule has 2 aromatic rings. The molecule has 0 aliphatic heterocycles. The first kappa shape index (κ1) is 15.3. The lowest BCUT2D eigenvalue weighted by Gasteiger charge is -2.11. The lowest BCUT2D eigenvalue weighted by atomic mass is 10.2. The SMILES string of the molecule is Nc1cccc(C(=O)Nc2cc(Br)cc(C(F)(F)F)c2)n1. The molecule has 8 heteroatoms. The molecule has 0 spiro atoms. The summed E-state index contributed by atoms with van der Waals surface area (Å²) in [5.41, 5.74) is 4.60. The van der Waals surface area contributed by atoms with Crippen molar-refractivity contribution in [3.63, 3.8) is 0 Å². The number of halogens is 4. The number of anilines is 2. The molecule has 0 bridgehead atoms. The van der Waals surface area contributed by atoms with Gasteiger partial charge >= 0.3 is 6.18 Å². The zero-order chi connectivity index (χ0) is 15.6. The molecule has 0 radical (unpaired) electrons. The second kappa shape index (κ2) is 5.72. The fourth-order valence-electron chi connectivity index (χ4n) is 1.60. The van der Waals surface area contributed by atoms with Crippen LogP contribution in [0.3, 0.4) is 0 Å². The standard InChI is InChI=1S/C13H9BrF3N3O/c14-8-4-7(13(15,16)17)5-9(6-8)19-12(21)10-2-1-3-11(18)20-10/h1-6H,(H2,18,20)(H,19,21). The highest BCUT2D eigenvalue weighted by Gasteiger charge is 2.31. The Kier molecular flexibility index (Phi) is 4.17. The first-order valence-electron chi connectivity index (χ1n) is 5.67. The summed E-state index contributed by atoms with van der Waals surface area (Å²) in [4.78, 5) is 15.7. The Hall–Kier alpha value is -2.09. The van der Waals surface area contributed by atoms with Crippen molar-refractivity contribution in [1.29, 1.82) is 0 Å². The van der Waals surface area contributed by atoms with Gasteiger partial charge in [0.15, 0.2) is 0 Å². The van der Waals surface area contributed by atoms with Crippen molar-refractivity contribution in [1.82, 2.24) is 4.98 Å². The minimum absolute atomic E-state index is 0.00549. The van der Waals surface area contributed by atoms with Crippen LogP contribution in [0.1, 0.15) is 16.1 Å². The number of amides is 1. The van der Waals surface area contributed by atoms with Crippen LogP contribution in [0.25, 0.3) is 0 Å². The predicted octanol–water partition coefficient (Wildman–Crippen LogP) is 3.70. The summed E-state index contributed by atoms with van der Waals surface area (Å²) in [5, 5.41) is 2.35. The van der Waals surface area contributed by atoms with Gasteiger partial charge < -0.3 is 11.1 Å². The number of nitrogen functional groups attached to an aromatic ring is 1. The molecule has 1 amide bonds. The van der Waals surface area contributed by atoms with Crippen molar-refractivity contribution >= 4 is 33.3 Å². The number of rotatable bonds is 2. The molecular formula is C13H9BrF3N3O. The summed E-state index contributed by atoms with van der Waals surface area (Å²) in [6, 6.07) is 7.56. The third kappa shape index (κ3) is 3.94. The number of benzene rings is 1.